The summed E-state index contributed by atoms with van der Waals surface area (Å²) in [5.41, 5.74) is 0. The van der Waals surface area contributed by atoms with Crippen molar-refractivity contribution in [1.29, 1.82) is 0 Å². The maximum absolute atomic E-state index is 11.5. The fourth-order valence-corrected chi connectivity index (χ4v) is 4.79. The Hall–Kier alpha value is -0.620. The van der Waals surface area contributed by atoms with Gasteiger partial charge in [-0.1, -0.05) is 19.3 Å². The van der Waals surface area contributed by atoms with Crippen LogP contribution in [0.2, 0.25) is 0 Å². The van der Waals surface area contributed by atoms with Crippen molar-refractivity contribution in [1.82, 2.24) is 4.90 Å². The van der Waals surface area contributed by atoms with Crippen LogP contribution in [0.4, 0.5) is 0 Å². The molecule has 0 aromatic carbocycles. The second kappa shape index (κ2) is 5.57. The highest BCUT2D eigenvalue weighted by atomic mass is 32.2. The summed E-state index contributed by atoms with van der Waals surface area (Å²) < 4.78 is 23.1. The molecule has 0 amide bonds. The molecule has 0 aromatic heterocycles. The smallest absolute Gasteiger partial charge is 0.320 e. The van der Waals surface area contributed by atoms with Gasteiger partial charge in [0.1, 0.15) is 6.04 Å². The Balaban J connectivity index is 2.12. The van der Waals surface area contributed by atoms with Crippen molar-refractivity contribution in [2.75, 3.05) is 18.1 Å². The fraction of sp³-hybridized carbons (Fsp3) is 0.917. The number of nitrogens with zero attached hydrogens (tertiary/aromatic N) is 1. The summed E-state index contributed by atoms with van der Waals surface area (Å²) in [7, 11) is -2.95. The lowest BCUT2D eigenvalue weighted by molar-refractivity contribution is -0.144. The van der Waals surface area contributed by atoms with Crippen molar-refractivity contribution in [2.45, 2.75) is 50.6 Å². The number of carbonyl (C=O) groups is 1. The van der Waals surface area contributed by atoms with Gasteiger partial charge >= 0.3 is 5.97 Å². The van der Waals surface area contributed by atoms with E-state index in [2.05, 4.69) is 0 Å². The Bertz CT molecular complexity index is 406. The minimum absolute atomic E-state index is 0.0887. The van der Waals surface area contributed by atoms with Gasteiger partial charge in [0.2, 0.25) is 0 Å². The summed E-state index contributed by atoms with van der Waals surface area (Å²) >= 11 is 0. The third kappa shape index (κ3) is 3.23. The molecule has 0 radical (unpaired) electrons. The van der Waals surface area contributed by atoms with Gasteiger partial charge in [-0.3, -0.25) is 9.69 Å². The van der Waals surface area contributed by atoms with Crippen LogP contribution in [-0.4, -0.2) is 54.5 Å². The van der Waals surface area contributed by atoms with E-state index in [-0.39, 0.29) is 17.5 Å². The van der Waals surface area contributed by atoms with Crippen LogP contribution >= 0.6 is 0 Å². The normalized spacial score (nSPS) is 33.8. The third-order valence-electron chi connectivity index (χ3n) is 4.01. The van der Waals surface area contributed by atoms with Crippen molar-refractivity contribution >= 4 is 15.8 Å². The zero-order valence-corrected chi connectivity index (χ0v) is 11.4. The number of rotatable bonds is 2. The molecule has 2 fully saturated rings. The minimum Gasteiger partial charge on any atom is -0.480 e. The first-order chi connectivity index (χ1) is 8.49. The molecule has 2 rings (SSSR count). The van der Waals surface area contributed by atoms with E-state index >= 15 is 0 Å². The van der Waals surface area contributed by atoms with E-state index in [1.54, 1.807) is 0 Å². The summed E-state index contributed by atoms with van der Waals surface area (Å²) in [6.07, 6.45) is 5.33. The topological polar surface area (TPSA) is 74.7 Å². The summed E-state index contributed by atoms with van der Waals surface area (Å²) in [5, 5.41) is 9.32. The molecule has 0 aromatic rings. The zero-order chi connectivity index (χ0) is 13.2. The van der Waals surface area contributed by atoms with Gasteiger partial charge in [-0.25, -0.2) is 8.42 Å². The Morgan fingerprint density at radius 2 is 1.83 bits per heavy atom. The van der Waals surface area contributed by atoms with Gasteiger partial charge in [-0.2, -0.15) is 0 Å². The molecule has 2 aliphatic rings. The van der Waals surface area contributed by atoms with Crippen molar-refractivity contribution < 1.29 is 18.3 Å². The summed E-state index contributed by atoms with van der Waals surface area (Å²) in [5.74, 6) is -0.460. The Labute approximate surface area is 108 Å². The molecule has 2 unspecified atom stereocenters. The molecule has 6 heteroatoms. The lowest BCUT2D eigenvalue weighted by Gasteiger charge is -2.34. The zero-order valence-electron chi connectivity index (χ0n) is 10.5. The van der Waals surface area contributed by atoms with Crippen LogP contribution in [0.15, 0.2) is 0 Å². The molecule has 18 heavy (non-hydrogen) atoms. The highest BCUT2D eigenvalue weighted by molar-refractivity contribution is 7.91. The number of aliphatic carboxylic acids is 1. The van der Waals surface area contributed by atoms with Crippen LogP contribution in [0.25, 0.3) is 0 Å². The van der Waals surface area contributed by atoms with Crippen LogP contribution in [0.1, 0.15) is 38.5 Å². The first-order valence-corrected chi connectivity index (χ1v) is 8.51. The molecule has 0 aliphatic carbocycles. The van der Waals surface area contributed by atoms with Crippen LogP contribution in [0.5, 0.6) is 0 Å². The largest absolute Gasteiger partial charge is 0.480 e. The molecular formula is C12H21NO4S. The number of sulfone groups is 1. The first-order valence-electron chi connectivity index (χ1n) is 6.68. The van der Waals surface area contributed by atoms with Gasteiger partial charge in [0.15, 0.2) is 9.84 Å². The van der Waals surface area contributed by atoms with Crippen molar-refractivity contribution in [3.8, 4) is 0 Å². The van der Waals surface area contributed by atoms with Crippen LogP contribution < -0.4 is 0 Å². The van der Waals surface area contributed by atoms with Gasteiger partial charge in [0.05, 0.1) is 11.5 Å². The monoisotopic (exact) mass is 275 g/mol. The van der Waals surface area contributed by atoms with E-state index in [1.807, 2.05) is 4.90 Å². The highest BCUT2D eigenvalue weighted by Gasteiger charge is 2.37. The lowest BCUT2D eigenvalue weighted by Crippen LogP contribution is -2.49. The molecule has 0 saturated carbocycles. The van der Waals surface area contributed by atoms with Gasteiger partial charge in [0, 0.05) is 6.04 Å². The number of likely N-dealkylation sites (tertiary alicyclic amines) is 1. The summed E-state index contributed by atoms with van der Waals surface area (Å²) in [6, 6.07) is -0.585. The van der Waals surface area contributed by atoms with E-state index < -0.39 is 21.8 Å². The molecular weight excluding hydrogens is 254 g/mol. The third-order valence-corrected chi connectivity index (χ3v) is 5.76. The molecule has 0 bridgehead atoms. The Morgan fingerprint density at radius 1 is 1.11 bits per heavy atom. The average Bonchev–Trinajstić information content (AvgIpc) is 2.57. The van der Waals surface area contributed by atoms with Crippen LogP contribution in [0, 0.1) is 0 Å². The van der Waals surface area contributed by atoms with Gasteiger partial charge in [0.25, 0.3) is 0 Å². The predicted molar refractivity (Wildman–Crippen MR) is 68.3 cm³/mol. The lowest BCUT2D eigenvalue weighted by atomic mass is 9.99. The van der Waals surface area contributed by atoms with Crippen molar-refractivity contribution in [2.24, 2.45) is 0 Å². The van der Waals surface area contributed by atoms with E-state index in [4.69, 9.17) is 0 Å². The predicted octanol–water partition coefficient (Wildman–Crippen LogP) is 0.893. The molecule has 1 N–H and O–H groups in total. The highest BCUT2D eigenvalue weighted by Crippen LogP contribution is 2.25. The van der Waals surface area contributed by atoms with Crippen LogP contribution in [0.3, 0.4) is 0 Å². The first kappa shape index (κ1) is 13.8. The minimum atomic E-state index is -2.95. The fourth-order valence-electron chi connectivity index (χ4n) is 3.05. The van der Waals surface area contributed by atoms with Crippen molar-refractivity contribution in [3.63, 3.8) is 0 Å². The molecule has 2 saturated heterocycles. The summed E-state index contributed by atoms with van der Waals surface area (Å²) in [6.45, 7) is 0.719. The molecule has 104 valence electrons. The number of carboxylic acids is 1. The average molecular weight is 275 g/mol. The van der Waals surface area contributed by atoms with Gasteiger partial charge in [-0.15, -0.1) is 0 Å². The maximum atomic E-state index is 11.5. The van der Waals surface area contributed by atoms with Crippen molar-refractivity contribution in [3.05, 3.63) is 0 Å². The standard InChI is InChI=1S/C12H21NO4S/c14-12(15)11-5-3-1-2-4-7-13(11)10-6-8-18(16,17)9-10/h10-11H,1-9H2,(H,14,15). The van der Waals surface area contributed by atoms with E-state index in [0.717, 1.165) is 32.2 Å². The number of hydrogen-bond donors (Lipinski definition) is 1. The molecule has 2 aliphatic heterocycles. The Morgan fingerprint density at radius 3 is 2.44 bits per heavy atom. The molecule has 2 heterocycles. The number of hydrogen-bond acceptors (Lipinski definition) is 4. The van der Waals surface area contributed by atoms with Gasteiger partial charge in [-0.05, 0) is 25.8 Å². The SMILES string of the molecule is O=C(O)C1CCCCCCN1C1CCS(=O)(=O)C1. The van der Waals surface area contributed by atoms with Crippen LogP contribution in [-0.2, 0) is 14.6 Å². The second-order valence-corrected chi connectivity index (χ2v) is 7.58. The quantitative estimate of drug-likeness (QED) is 0.810. The Kier molecular flexibility index (Phi) is 4.27. The second-order valence-electron chi connectivity index (χ2n) is 5.35. The van der Waals surface area contributed by atoms with E-state index in [1.165, 1.54) is 0 Å². The van der Waals surface area contributed by atoms with Gasteiger partial charge < -0.3 is 5.11 Å². The summed E-state index contributed by atoms with van der Waals surface area (Å²) in [4.78, 5) is 13.3. The van der Waals surface area contributed by atoms with E-state index in [9.17, 15) is 18.3 Å². The molecule has 0 spiro atoms. The number of carboxylic acid groups (broad SMARTS) is 1. The molecule has 2 atom stereocenters. The molecule has 5 nitrogen and oxygen atoms in total. The van der Waals surface area contributed by atoms with E-state index in [0.29, 0.717) is 12.8 Å². The maximum Gasteiger partial charge on any atom is 0.320 e.